The zero-order valence-electron chi connectivity index (χ0n) is 22.6. The van der Waals surface area contributed by atoms with Crippen LogP contribution < -0.4 is 15.4 Å². The zero-order valence-corrected chi connectivity index (χ0v) is 22.6. The number of anilines is 2. The molecule has 3 heterocycles. The van der Waals surface area contributed by atoms with Gasteiger partial charge in [0.1, 0.15) is 18.0 Å². The van der Waals surface area contributed by atoms with Gasteiger partial charge in [-0.25, -0.2) is 4.79 Å². The molecule has 3 aromatic carbocycles. The van der Waals surface area contributed by atoms with E-state index in [4.69, 9.17) is 9.47 Å². The molecule has 1 fully saturated rings. The summed E-state index contributed by atoms with van der Waals surface area (Å²) in [7, 11) is 0. The third-order valence-electron chi connectivity index (χ3n) is 8.11. The number of amides is 3. The van der Waals surface area contributed by atoms with Gasteiger partial charge in [0.25, 0.3) is 0 Å². The number of rotatable bonds is 5. The number of carbonyl (C=O) groups excluding carboxylic acids is 2. The van der Waals surface area contributed by atoms with Crippen molar-refractivity contribution in [1.82, 2.24) is 4.90 Å². The van der Waals surface area contributed by atoms with Gasteiger partial charge in [-0.1, -0.05) is 24.3 Å². The van der Waals surface area contributed by atoms with E-state index in [1.807, 2.05) is 23.1 Å². The third-order valence-corrected chi connectivity index (χ3v) is 8.11. The Morgan fingerprint density at radius 2 is 1.69 bits per heavy atom. The van der Waals surface area contributed by atoms with E-state index in [0.717, 1.165) is 29.7 Å². The van der Waals surface area contributed by atoms with Gasteiger partial charge in [0.15, 0.2) is 0 Å². The molecule has 3 aromatic rings. The van der Waals surface area contributed by atoms with Gasteiger partial charge < -0.3 is 30.1 Å². The summed E-state index contributed by atoms with van der Waals surface area (Å²) >= 11 is 0. The number of hydrogen-bond acceptors (Lipinski definition) is 5. The summed E-state index contributed by atoms with van der Waals surface area (Å²) in [5, 5.41) is 15.3. The van der Waals surface area contributed by atoms with E-state index in [2.05, 4.69) is 16.7 Å². The summed E-state index contributed by atoms with van der Waals surface area (Å²) in [4.78, 5) is 27.7. The van der Waals surface area contributed by atoms with Crippen LogP contribution >= 0.6 is 0 Å². The van der Waals surface area contributed by atoms with Crippen molar-refractivity contribution in [2.24, 2.45) is 0 Å². The molecule has 220 valence electrons. The number of hydrogen-bond donors (Lipinski definition) is 3. The smallest absolute Gasteiger partial charge is 0.416 e. The second-order valence-corrected chi connectivity index (χ2v) is 10.8. The fourth-order valence-corrected chi connectivity index (χ4v) is 6.04. The van der Waals surface area contributed by atoms with E-state index in [9.17, 15) is 27.9 Å². The maximum atomic E-state index is 13.2. The highest BCUT2D eigenvalue weighted by atomic mass is 19.4. The molecule has 0 radical (unpaired) electrons. The van der Waals surface area contributed by atoms with Gasteiger partial charge in [-0.15, -0.1) is 0 Å². The Labute approximate surface area is 240 Å². The number of nitrogens with one attached hydrogen (secondary N) is 2. The van der Waals surface area contributed by atoms with E-state index in [-0.39, 0.29) is 30.5 Å². The minimum Gasteiger partial charge on any atom is -0.487 e. The average Bonchev–Trinajstić information content (AvgIpc) is 3.34. The van der Waals surface area contributed by atoms with Gasteiger partial charge in [0.05, 0.1) is 24.7 Å². The van der Waals surface area contributed by atoms with Gasteiger partial charge in [0.2, 0.25) is 5.91 Å². The number of carbonyl (C=O) groups is 2. The highest BCUT2D eigenvalue weighted by Crippen LogP contribution is 2.47. The van der Waals surface area contributed by atoms with Gasteiger partial charge in [-0.3, -0.25) is 4.79 Å². The van der Waals surface area contributed by atoms with Crippen LogP contribution in [0.25, 0.3) is 0 Å². The van der Waals surface area contributed by atoms with Crippen LogP contribution in [0.3, 0.4) is 0 Å². The standard InChI is InChI=1S/C31H30F3N3O5/c32-31(33,34)20-5-7-21(8-6-20)35-30(40)36-22-9-10-26-24(13-22)25-14-23(41-27(17-38)29(25)42-26)15-28(39)37-12-11-18-3-1-2-4-19(18)16-37/h1-10,13,23,25,27,29,38H,11-12,14-17H2,(H2,35,36,40)/t23-,25+,27-,29-/m1/s1. The van der Waals surface area contributed by atoms with Gasteiger partial charge in [-0.2, -0.15) is 13.2 Å². The summed E-state index contributed by atoms with van der Waals surface area (Å²) in [6.45, 7) is 0.942. The molecule has 0 unspecified atom stereocenters. The minimum atomic E-state index is -4.46. The van der Waals surface area contributed by atoms with Crippen LogP contribution in [0.4, 0.5) is 29.3 Å². The number of fused-ring (bicyclic) bond motifs is 4. The first-order chi connectivity index (χ1) is 20.2. The summed E-state index contributed by atoms with van der Waals surface area (Å²) in [6.07, 6.45) is -4.43. The molecule has 1 saturated heterocycles. The van der Waals surface area contributed by atoms with E-state index in [1.54, 1.807) is 18.2 Å². The van der Waals surface area contributed by atoms with Crippen LogP contribution in [0, 0.1) is 0 Å². The summed E-state index contributed by atoms with van der Waals surface area (Å²) in [6, 6.07) is 16.8. The molecule has 0 aliphatic carbocycles. The topological polar surface area (TPSA) is 100 Å². The average molecular weight is 582 g/mol. The molecule has 0 bridgehead atoms. The van der Waals surface area contributed by atoms with E-state index in [0.29, 0.717) is 30.9 Å². The lowest BCUT2D eigenvalue weighted by molar-refractivity contribution is -0.149. The summed E-state index contributed by atoms with van der Waals surface area (Å²) in [5.74, 6) is 0.449. The molecule has 4 atom stereocenters. The molecule has 0 aromatic heterocycles. The lowest BCUT2D eigenvalue weighted by atomic mass is 9.84. The van der Waals surface area contributed by atoms with Crippen molar-refractivity contribution in [3.63, 3.8) is 0 Å². The van der Waals surface area contributed by atoms with Crippen molar-refractivity contribution < 1.29 is 37.3 Å². The van der Waals surface area contributed by atoms with Crippen LogP contribution in [0.5, 0.6) is 5.75 Å². The number of ether oxygens (including phenoxy) is 2. The molecular weight excluding hydrogens is 551 g/mol. The molecular formula is C31H30F3N3O5. The number of urea groups is 1. The Bertz CT molecular complexity index is 1480. The molecule has 3 aliphatic heterocycles. The van der Waals surface area contributed by atoms with Crippen molar-refractivity contribution in [3.8, 4) is 5.75 Å². The molecule has 3 aliphatic rings. The van der Waals surface area contributed by atoms with E-state index >= 15 is 0 Å². The van der Waals surface area contributed by atoms with Gasteiger partial charge >= 0.3 is 12.2 Å². The first kappa shape index (κ1) is 28.0. The maximum absolute atomic E-state index is 13.2. The number of aliphatic hydroxyl groups is 1. The van der Waals surface area contributed by atoms with Crippen molar-refractivity contribution in [2.45, 2.75) is 56.2 Å². The Hall–Kier alpha value is -4.09. The number of alkyl halides is 3. The van der Waals surface area contributed by atoms with Crippen LogP contribution in [0.15, 0.2) is 66.7 Å². The Kier molecular flexibility index (Phi) is 7.54. The number of halogens is 3. The highest BCUT2D eigenvalue weighted by Gasteiger charge is 2.46. The molecule has 0 saturated carbocycles. The quantitative estimate of drug-likeness (QED) is 0.379. The monoisotopic (exact) mass is 581 g/mol. The van der Waals surface area contributed by atoms with Crippen molar-refractivity contribution in [3.05, 3.63) is 89.0 Å². The van der Waals surface area contributed by atoms with E-state index in [1.165, 1.54) is 17.7 Å². The van der Waals surface area contributed by atoms with Crippen molar-refractivity contribution >= 4 is 23.3 Å². The predicted molar refractivity (Wildman–Crippen MR) is 148 cm³/mol. The largest absolute Gasteiger partial charge is 0.487 e. The van der Waals surface area contributed by atoms with Crippen LogP contribution in [0.1, 0.15) is 41.0 Å². The number of aliphatic hydroxyl groups excluding tert-OH is 1. The summed E-state index contributed by atoms with van der Waals surface area (Å²) in [5.41, 5.74) is 3.12. The molecule has 6 rings (SSSR count). The van der Waals surface area contributed by atoms with Gasteiger partial charge in [-0.05, 0) is 66.4 Å². The molecule has 3 N–H and O–H groups in total. The predicted octanol–water partition coefficient (Wildman–Crippen LogP) is 5.32. The van der Waals surface area contributed by atoms with E-state index < -0.39 is 36.1 Å². The molecule has 3 amide bonds. The molecule has 42 heavy (non-hydrogen) atoms. The zero-order chi connectivity index (χ0) is 29.4. The van der Waals surface area contributed by atoms with Crippen LogP contribution in [-0.2, 0) is 28.7 Å². The first-order valence-electron chi connectivity index (χ1n) is 13.8. The Morgan fingerprint density at radius 1 is 0.976 bits per heavy atom. The second kappa shape index (κ2) is 11.3. The minimum absolute atomic E-state index is 0.000800. The normalized spacial score (nSPS) is 22.8. The lowest BCUT2D eigenvalue weighted by Gasteiger charge is -2.38. The van der Waals surface area contributed by atoms with Gasteiger partial charge in [0, 0.05) is 35.9 Å². The Balaban J connectivity index is 1.11. The first-order valence-corrected chi connectivity index (χ1v) is 13.8. The fourth-order valence-electron chi connectivity index (χ4n) is 6.04. The molecule has 0 spiro atoms. The molecule has 11 heteroatoms. The number of benzene rings is 3. The maximum Gasteiger partial charge on any atom is 0.416 e. The van der Waals surface area contributed by atoms with Crippen LogP contribution in [0.2, 0.25) is 0 Å². The second-order valence-electron chi connectivity index (χ2n) is 10.8. The number of nitrogens with zero attached hydrogens (tertiary/aromatic N) is 1. The van der Waals surface area contributed by atoms with Crippen molar-refractivity contribution in [1.29, 1.82) is 0 Å². The van der Waals surface area contributed by atoms with Crippen LogP contribution in [-0.4, -0.2) is 53.4 Å². The Morgan fingerprint density at radius 3 is 2.43 bits per heavy atom. The lowest BCUT2D eigenvalue weighted by Crippen LogP contribution is -2.48. The summed E-state index contributed by atoms with van der Waals surface area (Å²) < 4.78 is 50.7. The fraction of sp³-hybridized carbons (Fsp3) is 0.355. The van der Waals surface area contributed by atoms with Crippen molar-refractivity contribution in [2.75, 3.05) is 23.8 Å². The SMILES string of the molecule is O=C(Nc1ccc(C(F)(F)F)cc1)Nc1ccc2c(c1)[C@@H]1C[C@H](CC(=O)N3CCc4ccccc4C3)O[C@H](CO)[C@@H]1O2. The third kappa shape index (κ3) is 5.79. The highest BCUT2D eigenvalue weighted by molar-refractivity contribution is 5.99. The molecule has 8 nitrogen and oxygen atoms in total.